The van der Waals surface area contributed by atoms with Crippen LogP contribution in [0, 0.1) is 11.8 Å². The molecule has 0 amide bonds. The van der Waals surface area contributed by atoms with Crippen molar-refractivity contribution in [1.29, 1.82) is 0 Å². The van der Waals surface area contributed by atoms with E-state index < -0.39 is 0 Å². The zero-order chi connectivity index (χ0) is 35.5. The molecule has 3 saturated carbocycles. The molecule has 53 heavy (non-hydrogen) atoms. The lowest BCUT2D eigenvalue weighted by Crippen LogP contribution is -2.18. The summed E-state index contributed by atoms with van der Waals surface area (Å²) in [4.78, 5) is 2.59. The van der Waals surface area contributed by atoms with Crippen LogP contribution in [-0.4, -0.2) is 0 Å². The summed E-state index contributed by atoms with van der Waals surface area (Å²) >= 11 is 0. The summed E-state index contributed by atoms with van der Waals surface area (Å²) in [7, 11) is 0. The molecule has 3 atom stereocenters. The van der Waals surface area contributed by atoms with Crippen LogP contribution in [0.3, 0.4) is 0 Å². The third kappa shape index (κ3) is 5.67. The van der Waals surface area contributed by atoms with Gasteiger partial charge in [-0.15, -0.1) is 0 Å². The van der Waals surface area contributed by atoms with Gasteiger partial charge in [0.15, 0.2) is 0 Å². The van der Waals surface area contributed by atoms with E-state index in [9.17, 15) is 0 Å². The van der Waals surface area contributed by atoms with E-state index in [0.717, 1.165) is 17.8 Å². The molecule has 6 aromatic rings. The molecule has 0 radical (unpaired) electrons. The normalized spacial score (nSPS) is 21.4. The largest absolute Gasteiger partial charge is 0.310 e. The van der Waals surface area contributed by atoms with Crippen LogP contribution in [0.4, 0.5) is 17.1 Å². The number of rotatable bonds is 7. The maximum Gasteiger partial charge on any atom is 0.0496 e. The van der Waals surface area contributed by atoms with E-state index in [4.69, 9.17) is 0 Å². The van der Waals surface area contributed by atoms with Gasteiger partial charge < -0.3 is 4.90 Å². The Hall–Kier alpha value is -4.88. The van der Waals surface area contributed by atoms with Crippen LogP contribution in [0.5, 0.6) is 0 Å². The second kappa shape index (κ2) is 13.2. The Morgan fingerprint density at radius 1 is 0.509 bits per heavy atom. The maximum atomic E-state index is 2.59. The van der Waals surface area contributed by atoms with Crippen molar-refractivity contribution in [2.75, 3.05) is 4.90 Å². The van der Waals surface area contributed by atoms with Gasteiger partial charge in [0, 0.05) is 22.5 Å². The van der Waals surface area contributed by atoms with E-state index >= 15 is 0 Å². The van der Waals surface area contributed by atoms with Crippen LogP contribution in [-0.2, 0) is 5.41 Å². The Balaban J connectivity index is 1.06. The third-order valence-electron chi connectivity index (χ3n) is 13.8. The smallest absolute Gasteiger partial charge is 0.0496 e. The van der Waals surface area contributed by atoms with Gasteiger partial charge in [-0.2, -0.15) is 0 Å². The zero-order valence-corrected chi connectivity index (χ0v) is 31.4. The molecule has 0 N–H and O–H groups in total. The highest BCUT2D eigenvalue weighted by Crippen LogP contribution is 2.55. The molecule has 4 aliphatic carbocycles. The molecule has 6 aromatic carbocycles. The van der Waals surface area contributed by atoms with Gasteiger partial charge in [-0.3, -0.25) is 0 Å². The Kier molecular flexibility index (Phi) is 8.16. The highest BCUT2D eigenvalue weighted by molar-refractivity contribution is 5.90. The van der Waals surface area contributed by atoms with Crippen LogP contribution in [0.1, 0.15) is 106 Å². The fourth-order valence-corrected chi connectivity index (χ4v) is 11.0. The number of benzene rings is 6. The fraction of sp³-hybridized carbons (Fsp3) is 0.308. The third-order valence-corrected chi connectivity index (χ3v) is 13.8. The summed E-state index contributed by atoms with van der Waals surface area (Å²) in [6, 6.07) is 53.3. The predicted octanol–water partition coefficient (Wildman–Crippen LogP) is 14.7. The second-order valence-corrected chi connectivity index (χ2v) is 17.1. The minimum atomic E-state index is -0.140. The minimum Gasteiger partial charge on any atom is -0.310 e. The van der Waals surface area contributed by atoms with Crippen molar-refractivity contribution in [1.82, 2.24) is 0 Å². The molecule has 2 bridgehead atoms. The molecule has 1 heteroatoms. The van der Waals surface area contributed by atoms with Gasteiger partial charge in [0.2, 0.25) is 0 Å². The predicted molar refractivity (Wildman–Crippen MR) is 224 cm³/mol. The summed E-state index contributed by atoms with van der Waals surface area (Å²) in [5.74, 6) is 3.21. The average molecular weight is 690 g/mol. The van der Waals surface area contributed by atoms with Crippen LogP contribution in [0.2, 0.25) is 0 Å². The van der Waals surface area contributed by atoms with Crippen molar-refractivity contribution < 1.29 is 0 Å². The van der Waals surface area contributed by atoms with E-state index in [1.54, 1.807) is 5.56 Å². The Labute approximate surface area is 316 Å². The molecule has 0 spiro atoms. The molecule has 0 saturated heterocycles. The Morgan fingerprint density at radius 2 is 1.17 bits per heavy atom. The van der Waals surface area contributed by atoms with Crippen LogP contribution >= 0.6 is 0 Å². The first-order valence-electron chi connectivity index (χ1n) is 20.5. The van der Waals surface area contributed by atoms with Crippen molar-refractivity contribution in [2.24, 2.45) is 11.8 Å². The van der Waals surface area contributed by atoms with Crippen molar-refractivity contribution in [3.05, 3.63) is 162 Å². The van der Waals surface area contributed by atoms with Gasteiger partial charge in [-0.25, -0.2) is 0 Å². The van der Waals surface area contributed by atoms with E-state index in [-0.39, 0.29) is 5.41 Å². The molecule has 0 aliphatic heterocycles. The summed E-state index contributed by atoms with van der Waals surface area (Å²) < 4.78 is 0. The monoisotopic (exact) mass is 689 g/mol. The molecule has 0 aromatic heterocycles. The van der Waals surface area contributed by atoms with E-state index in [0.29, 0.717) is 5.92 Å². The topological polar surface area (TPSA) is 3.24 Å². The van der Waals surface area contributed by atoms with Gasteiger partial charge in [0.1, 0.15) is 0 Å². The molecule has 4 aliphatic rings. The van der Waals surface area contributed by atoms with Crippen molar-refractivity contribution in [3.8, 4) is 33.4 Å². The number of fused-ring (bicyclic) bond motifs is 5. The fourth-order valence-electron chi connectivity index (χ4n) is 11.0. The molecule has 264 valence electrons. The summed E-state index contributed by atoms with van der Waals surface area (Å²) in [5, 5.41) is 0. The van der Waals surface area contributed by atoms with Gasteiger partial charge in [-0.05, 0) is 148 Å². The van der Waals surface area contributed by atoms with Crippen molar-refractivity contribution in [3.63, 3.8) is 0 Å². The van der Waals surface area contributed by atoms with Gasteiger partial charge in [-0.1, -0.05) is 143 Å². The summed E-state index contributed by atoms with van der Waals surface area (Å²) in [5.41, 5.74) is 17.5. The minimum absolute atomic E-state index is 0.140. The number of hydrogen-bond donors (Lipinski definition) is 0. The van der Waals surface area contributed by atoms with Crippen molar-refractivity contribution in [2.45, 2.75) is 88.9 Å². The Bertz CT molecular complexity index is 2270. The number of anilines is 3. The molecule has 0 heterocycles. The standard InChI is InChI=1S/C52H51N/c1-52(2)49-33-40(44-18-10-9-17-43(44)36-13-5-3-6-14-36)25-29-46(49)47-30-28-42(34-50(47)52)53(51-20-12-11-19-45(51)37-15-7-4-8-16-37)41-26-23-38(24-27-41)48-32-35-21-22-39(48)31-35/h3,5-6,9-14,17-20,23-30,33-35,37,39,48H,4,7-8,15-16,21-22,31-32H2,1-2H3. The lowest BCUT2D eigenvalue weighted by atomic mass is 9.81. The molecule has 1 nitrogen and oxygen atoms in total. The molecule has 3 fully saturated rings. The van der Waals surface area contributed by atoms with E-state index in [1.165, 1.54) is 125 Å². The van der Waals surface area contributed by atoms with E-state index in [1.807, 2.05) is 0 Å². The van der Waals surface area contributed by atoms with Gasteiger partial charge in [0.25, 0.3) is 0 Å². The SMILES string of the molecule is CC1(C)c2cc(-c3ccccc3-c3ccccc3)ccc2-c2ccc(N(c3ccc(C4CC5CCC4C5)cc3)c3ccccc3C3CCCCC3)cc21. The lowest BCUT2D eigenvalue weighted by Gasteiger charge is -2.33. The number of hydrogen-bond acceptors (Lipinski definition) is 1. The summed E-state index contributed by atoms with van der Waals surface area (Å²) in [6.45, 7) is 4.86. The highest BCUT2D eigenvalue weighted by Gasteiger charge is 2.40. The number of para-hydroxylation sites is 1. The first-order valence-corrected chi connectivity index (χ1v) is 20.5. The van der Waals surface area contributed by atoms with Gasteiger partial charge >= 0.3 is 0 Å². The van der Waals surface area contributed by atoms with Crippen LogP contribution < -0.4 is 4.90 Å². The zero-order valence-electron chi connectivity index (χ0n) is 31.4. The van der Waals surface area contributed by atoms with Crippen LogP contribution in [0.15, 0.2) is 140 Å². The highest BCUT2D eigenvalue weighted by atomic mass is 15.1. The maximum absolute atomic E-state index is 2.59. The molecular weight excluding hydrogens is 639 g/mol. The second-order valence-electron chi connectivity index (χ2n) is 17.1. The quantitative estimate of drug-likeness (QED) is 0.161. The molecule has 10 rings (SSSR count). The number of nitrogens with zero attached hydrogens (tertiary/aromatic N) is 1. The summed E-state index contributed by atoms with van der Waals surface area (Å²) in [6.07, 6.45) is 12.3. The first kappa shape index (κ1) is 32.7. The van der Waals surface area contributed by atoms with E-state index in [2.05, 4.69) is 158 Å². The Morgan fingerprint density at radius 3 is 1.91 bits per heavy atom. The van der Waals surface area contributed by atoms with Crippen LogP contribution in [0.25, 0.3) is 33.4 Å². The molecule has 3 unspecified atom stereocenters. The lowest BCUT2D eigenvalue weighted by molar-refractivity contribution is 0.420. The first-order chi connectivity index (χ1) is 26.0. The molecular formula is C52H51N. The van der Waals surface area contributed by atoms with Crippen molar-refractivity contribution >= 4 is 17.1 Å². The average Bonchev–Trinajstić information content (AvgIpc) is 3.92. The van der Waals surface area contributed by atoms with Gasteiger partial charge in [0.05, 0.1) is 0 Å².